The lowest BCUT2D eigenvalue weighted by Crippen LogP contribution is -2.37. The summed E-state index contributed by atoms with van der Waals surface area (Å²) in [7, 11) is 0. The Morgan fingerprint density at radius 1 is 1.20 bits per heavy atom. The highest BCUT2D eigenvalue weighted by molar-refractivity contribution is 6.35. The van der Waals surface area contributed by atoms with Crippen LogP contribution in [0.1, 0.15) is 45.1 Å². The first-order valence-corrected chi connectivity index (χ1v) is 10.2. The predicted octanol–water partition coefficient (Wildman–Crippen LogP) is 5.59. The Labute approximate surface area is 184 Å². The largest absolute Gasteiger partial charge is 0.444 e. The van der Waals surface area contributed by atoms with E-state index in [1.165, 1.54) is 4.57 Å². The molecule has 3 aromatic rings. The molecule has 0 fully saturated rings. The zero-order valence-electron chi connectivity index (χ0n) is 17.4. The summed E-state index contributed by atoms with van der Waals surface area (Å²) in [5, 5.41) is 3.84. The first-order chi connectivity index (χ1) is 14.0. The molecule has 0 aliphatic carbocycles. The van der Waals surface area contributed by atoms with Crippen LogP contribution in [0.15, 0.2) is 41.2 Å². The lowest BCUT2D eigenvalue weighted by Gasteiger charge is -2.23. The van der Waals surface area contributed by atoms with E-state index in [2.05, 4.69) is 5.32 Å². The van der Waals surface area contributed by atoms with Gasteiger partial charge in [0.15, 0.2) is 0 Å². The van der Waals surface area contributed by atoms with Crippen molar-refractivity contribution in [3.8, 4) is 5.69 Å². The van der Waals surface area contributed by atoms with E-state index < -0.39 is 17.7 Å². The number of benzene rings is 2. The molecule has 0 spiro atoms. The number of carbonyl (C=O) groups is 1. The van der Waals surface area contributed by atoms with Crippen molar-refractivity contribution in [2.24, 2.45) is 0 Å². The monoisotopic (exact) mass is 447 g/mol. The molecule has 0 unspecified atom stereocenters. The summed E-state index contributed by atoms with van der Waals surface area (Å²) in [5.74, 6) is 0.339. The predicted molar refractivity (Wildman–Crippen MR) is 120 cm³/mol. The first kappa shape index (κ1) is 22.1. The van der Waals surface area contributed by atoms with Gasteiger partial charge in [0.2, 0.25) is 0 Å². The summed E-state index contributed by atoms with van der Waals surface area (Å²) in [6, 6.07) is 9.70. The van der Waals surface area contributed by atoms with Gasteiger partial charge in [0, 0.05) is 5.02 Å². The van der Waals surface area contributed by atoms with E-state index in [1.54, 1.807) is 64.1 Å². The Bertz CT molecular complexity index is 1180. The maximum Gasteiger partial charge on any atom is 0.408 e. The second-order valence-corrected chi connectivity index (χ2v) is 8.89. The van der Waals surface area contributed by atoms with Gasteiger partial charge in [0.25, 0.3) is 5.56 Å². The molecule has 0 aliphatic rings. The summed E-state index contributed by atoms with van der Waals surface area (Å²) >= 11 is 12.5. The van der Waals surface area contributed by atoms with E-state index in [0.717, 1.165) is 5.56 Å². The van der Waals surface area contributed by atoms with Crippen molar-refractivity contribution in [1.82, 2.24) is 14.9 Å². The van der Waals surface area contributed by atoms with Gasteiger partial charge in [-0.05, 0) is 64.4 Å². The van der Waals surface area contributed by atoms with Gasteiger partial charge in [-0.3, -0.25) is 9.36 Å². The number of aromatic nitrogens is 2. The highest BCUT2D eigenvalue weighted by Crippen LogP contribution is 2.26. The highest BCUT2D eigenvalue weighted by atomic mass is 35.5. The van der Waals surface area contributed by atoms with Crippen LogP contribution < -0.4 is 10.9 Å². The molecule has 30 heavy (non-hydrogen) atoms. The maximum absolute atomic E-state index is 13.5. The van der Waals surface area contributed by atoms with Crippen molar-refractivity contribution < 1.29 is 9.53 Å². The molecule has 8 heteroatoms. The van der Waals surface area contributed by atoms with E-state index in [-0.39, 0.29) is 5.56 Å². The molecule has 1 amide bonds. The lowest BCUT2D eigenvalue weighted by molar-refractivity contribution is 0.0505. The van der Waals surface area contributed by atoms with Crippen LogP contribution in [0.2, 0.25) is 10.0 Å². The Balaban J connectivity index is 2.23. The van der Waals surface area contributed by atoms with Crippen molar-refractivity contribution in [1.29, 1.82) is 0 Å². The first-order valence-electron chi connectivity index (χ1n) is 9.45. The number of hydrogen-bond donors (Lipinski definition) is 1. The van der Waals surface area contributed by atoms with Crippen molar-refractivity contribution >= 4 is 40.2 Å². The Hall–Kier alpha value is -2.57. The smallest absolute Gasteiger partial charge is 0.408 e. The molecule has 0 aliphatic heterocycles. The van der Waals surface area contributed by atoms with E-state index in [9.17, 15) is 9.59 Å². The van der Waals surface area contributed by atoms with Crippen LogP contribution in [0, 0.1) is 6.92 Å². The molecule has 2 aromatic carbocycles. The Kier molecular flexibility index (Phi) is 6.11. The van der Waals surface area contributed by atoms with Crippen LogP contribution >= 0.6 is 23.2 Å². The minimum Gasteiger partial charge on any atom is -0.444 e. The van der Waals surface area contributed by atoms with Gasteiger partial charge < -0.3 is 10.1 Å². The molecule has 0 saturated carbocycles. The zero-order chi connectivity index (χ0) is 22.2. The molecule has 3 rings (SSSR count). The number of rotatable bonds is 3. The second kappa shape index (κ2) is 8.28. The fourth-order valence-electron chi connectivity index (χ4n) is 3.10. The van der Waals surface area contributed by atoms with Gasteiger partial charge in [-0.1, -0.05) is 35.3 Å². The van der Waals surface area contributed by atoms with Crippen LogP contribution in [0.25, 0.3) is 16.6 Å². The van der Waals surface area contributed by atoms with E-state index in [1.807, 2.05) is 6.92 Å². The Morgan fingerprint density at radius 3 is 2.53 bits per heavy atom. The second-order valence-electron chi connectivity index (χ2n) is 8.05. The van der Waals surface area contributed by atoms with Crippen molar-refractivity contribution in [3.63, 3.8) is 0 Å². The van der Waals surface area contributed by atoms with E-state index in [4.69, 9.17) is 32.9 Å². The van der Waals surface area contributed by atoms with Gasteiger partial charge in [-0.15, -0.1) is 0 Å². The van der Waals surface area contributed by atoms with Gasteiger partial charge in [0.05, 0.1) is 27.7 Å². The molecular weight excluding hydrogens is 425 g/mol. The minimum atomic E-state index is -0.655. The molecular formula is C22H23Cl2N3O3. The van der Waals surface area contributed by atoms with Crippen molar-refractivity contribution in [3.05, 3.63) is 68.2 Å². The average Bonchev–Trinajstić information content (AvgIpc) is 2.62. The number of fused-ring (bicyclic) bond motifs is 1. The normalized spacial score (nSPS) is 12.6. The summed E-state index contributed by atoms with van der Waals surface area (Å²) < 4.78 is 6.77. The molecule has 1 heterocycles. The van der Waals surface area contributed by atoms with Crippen LogP contribution in [0.4, 0.5) is 4.79 Å². The van der Waals surface area contributed by atoms with Gasteiger partial charge in [-0.2, -0.15) is 0 Å². The molecule has 1 atom stereocenters. The standard InChI is InChI=1S/C22H23Cl2N3O3/c1-12-9-10-16(24)17-18(12)26-19(13(2)25-21(29)30-22(3,4)5)27(20(17)28)15-8-6-7-14(23)11-15/h6-11,13H,1-5H3,(H,25,29)/t13-/m0/s1. The van der Waals surface area contributed by atoms with Crippen LogP contribution in [-0.4, -0.2) is 21.2 Å². The molecule has 6 nitrogen and oxygen atoms in total. The quantitative estimate of drug-likeness (QED) is 0.567. The number of carbonyl (C=O) groups excluding carboxylic acids is 1. The van der Waals surface area contributed by atoms with Crippen molar-refractivity contribution in [2.75, 3.05) is 0 Å². The number of hydrogen-bond acceptors (Lipinski definition) is 4. The number of ether oxygens (including phenoxy) is 1. The van der Waals surface area contributed by atoms with Gasteiger partial charge >= 0.3 is 6.09 Å². The fourth-order valence-corrected chi connectivity index (χ4v) is 3.52. The molecule has 158 valence electrons. The fraction of sp³-hybridized carbons (Fsp3) is 0.318. The van der Waals surface area contributed by atoms with Crippen LogP contribution in [0.5, 0.6) is 0 Å². The third kappa shape index (κ3) is 4.60. The van der Waals surface area contributed by atoms with Gasteiger partial charge in [0.1, 0.15) is 11.4 Å². The number of nitrogens with one attached hydrogen (secondary N) is 1. The van der Waals surface area contributed by atoms with Crippen LogP contribution in [0.3, 0.4) is 0 Å². The lowest BCUT2D eigenvalue weighted by atomic mass is 10.1. The molecule has 0 saturated heterocycles. The summed E-state index contributed by atoms with van der Waals surface area (Å²) in [4.78, 5) is 30.5. The SMILES string of the molecule is Cc1ccc(Cl)c2c(=O)n(-c3cccc(Cl)c3)c([C@H](C)NC(=O)OC(C)(C)C)nc12. The van der Waals surface area contributed by atoms with E-state index >= 15 is 0 Å². The number of halogens is 2. The average molecular weight is 448 g/mol. The number of alkyl carbamates (subject to hydrolysis) is 1. The Morgan fingerprint density at radius 2 is 1.90 bits per heavy atom. The topological polar surface area (TPSA) is 73.2 Å². The summed E-state index contributed by atoms with van der Waals surface area (Å²) in [5.41, 5.74) is 0.808. The molecule has 1 aromatic heterocycles. The molecule has 1 N–H and O–H groups in total. The number of nitrogens with zero attached hydrogens (tertiary/aromatic N) is 2. The molecule has 0 bridgehead atoms. The maximum atomic E-state index is 13.5. The number of amides is 1. The third-order valence-corrected chi connectivity index (χ3v) is 4.94. The minimum absolute atomic E-state index is 0.309. The zero-order valence-corrected chi connectivity index (χ0v) is 18.9. The van der Waals surface area contributed by atoms with Crippen molar-refractivity contribution in [2.45, 2.75) is 46.3 Å². The third-order valence-electron chi connectivity index (χ3n) is 4.39. The summed E-state index contributed by atoms with van der Waals surface area (Å²) in [6.45, 7) is 8.92. The van der Waals surface area contributed by atoms with Crippen LogP contribution in [-0.2, 0) is 4.74 Å². The summed E-state index contributed by atoms with van der Waals surface area (Å²) in [6.07, 6.45) is -0.607. The highest BCUT2D eigenvalue weighted by Gasteiger charge is 2.24. The van der Waals surface area contributed by atoms with E-state index in [0.29, 0.717) is 32.5 Å². The molecule has 0 radical (unpaired) electrons. The van der Waals surface area contributed by atoms with Gasteiger partial charge in [-0.25, -0.2) is 9.78 Å². The number of aryl methyl sites for hydroxylation is 1.